The van der Waals surface area contributed by atoms with E-state index in [0.717, 1.165) is 11.3 Å². The van der Waals surface area contributed by atoms with E-state index in [0.29, 0.717) is 10.1 Å². The number of halogens is 1. The highest BCUT2D eigenvalue weighted by atomic mass is 35.5. The summed E-state index contributed by atoms with van der Waals surface area (Å²) in [6.07, 6.45) is 3.06. The van der Waals surface area contributed by atoms with Gasteiger partial charge in [0.05, 0.1) is 0 Å². The molecule has 112 valence electrons. The lowest BCUT2D eigenvalue weighted by Crippen LogP contribution is -2.39. The van der Waals surface area contributed by atoms with Crippen molar-refractivity contribution in [3.63, 3.8) is 0 Å². The number of para-hydroxylation sites is 1. The first-order valence-corrected chi connectivity index (χ1v) is 7.43. The van der Waals surface area contributed by atoms with Crippen molar-refractivity contribution in [1.82, 2.24) is 5.32 Å². The van der Waals surface area contributed by atoms with Crippen LogP contribution in [-0.2, 0) is 4.79 Å². The number of benzene rings is 2. The Bertz CT molecular complexity index is 701. The van der Waals surface area contributed by atoms with Gasteiger partial charge in [-0.1, -0.05) is 48.0 Å². The Balaban J connectivity index is 1.97. The Labute approximate surface area is 140 Å². The van der Waals surface area contributed by atoms with Gasteiger partial charge < -0.3 is 4.90 Å². The Kier molecular flexibility index (Phi) is 5.69. The SMILES string of the molecule is CN(C(=S)NC(=O)/C=C/c1ccccc1Cl)c1ccccc1. The zero-order chi connectivity index (χ0) is 15.9. The lowest BCUT2D eigenvalue weighted by molar-refractivity contribution is -0.115. The standard InChI is InChI=1S/C17H15ClN2OS/c1-20(14-8-3-2-4-9-14)17(22)19-16(21)12-11-13-7-5-6-10-15(13)18/h2-12H,1H3,(H,19,21,22)/b12-11+. The number of rotatable bonds is 3. The summed E-state index contributed by atoms with van der Waals surface area (Å²) in [7, 11) is 1.80. The fraction of sp³-hybridized carbons (Fsp3) is 0.0588. The maximum absolute atomic E-state index is 11.9. The summed E-state index contributed by atoms with van der Waals surface area (Å²) in [5, 5.41) is 3.58. The second-order valence-corrected chi connectivity index (χ2v) is 5.34. The zero-order valence-corrected chi connectivity index (χ0v) is 13.6. The molecule has 0 aromatic heterocycles. The molecule has 0 aliphatic rings. The van der Waals surface area contributed by atoms with Crippen LogP contribution in [0.3, 0.4) is 0 Å². The fourth-order valence-corrected chi connectivity index (χ4v) is 2.18. The molecule has 0 atom stereocenters. The van der Waals surface area contributed by atoms with Crippen molar-refractivity contribution in [1.29, 1.82) is 0 Å². The number of thiocarbonyl (C=S) groups is 1. The molecule has 0 saturated heterocycles. The second-order valence-electron chi connectivity index (χ2n) is 4.54. The largest absolute Gasteiger partial charge is 0.322 e. The smallest absolute Gasteiger partial charge is 0.250 e. The van der Waals surface area contributed by atoms with E-state index in [4.69, 9.17) is 23.8 Å². The Morgan fingerprint density at radius 1 is 1.14 bits per heavy atom. The summed E-state index contributed by atoms with van der Waals surface area (Å²) in [6, 6.07) is 16.9. The molecule has 0 aliphatic carbocycles. The Hall–Kier alpha value is -2.17. The van der Waals surface area contributed by atoms with E-state index in [-0.39, 0.29) is 5.91 Å². The first-order valence-electron chi connectivity index (χ1n) is 6.64. The van der Waals surface area contributed by atoms with Crippen molar-refractivity contribution in [3.8, 4) is 0 Å². The number of carbonyl (C=O) groups is 1. The average Bonchev–Trinajstić information content (AvgIpc) is 2.54. The minimum atomic E-state index is -0.298. The van der Waals surface area contributed by atoms with Gasteiger partial charge in [-0.3, -0.25) is 10.1 Å². The average molecular weight is 331 g/mol. The van der Waals surface area contributed by atoms with Crippen molar-refractivity contribution in [3.05, 3.63) is 71.3 Å². The molecule has 2 aromatic carbocycles. The van der Waals surface area contributed by atoms with Gasteiger partial charge in [0, 0.05) is 23.8 Å². The molecule has 0 saturated carbocycles. The van der Waals surface area contributed by atoms with Crippen molar-refractivity contribution in [2.24, 2.45) is 0 Å². The summed E-state index contributed by atoms with van der Waals surface area (Å²) < 4.78 is 0. The van der Waals surface area contributed by atoms with E-state index >= 15 is 0 Å². The number of nitrogens with zero attached hydrogens (tertiary/aromatic N) is 1. The van der Waals surface area contributed by atoms with Crippen molar-refractivity contribution in [2.75, 3.05) is 11.9 Å². The number of nitrogens with one attached hydrogen (secondary N) is 1. The van der Waals surface area contributed by atoms with E-state index in [1.807, 2.05) is 48.5 Å². The summed E-state index contributed by atoms with van der Waals surface area (Å²) >= 11 is 11.3. The van der Waals surface area contributed by atoms with Crippen LogP contribution in [0.15, 0.2) is 60.7 Å². The first kappa shape index (κ1) is 16.2. The van der Waals surface area contributed by atoms with Gasteiger partial charge in [-0.15, -0.1) is 0 Å². The van der Waals surface area contributed by atoms with Crippen LogP contribution in [0.4, 0.5) is 5.69 Å². The predicted molar refractivity (Wildman–Crippen MR) is 96.1 cm³/mol. The molecule has 0 aliphatic heterocycles. The number of amides is 1. The quantitative estimate of drug-likeness (QED) is 0.684. The van der Waals surface area contributed by atoms with E-state index < -0.39 is 0 Å². The van der Waals surface area contributed by atoms with Crippen LogP contribution in [0.2, 0.25) is 5.02 Å². The van der Waals surface area contributed by atoms with Crippen LogP contribution >= 0.6 is 23.8 Å². The predicted octanol–water partition coefficient (Wildman–Crippen LogP) is 3.89. The third-order valence-corrected chi connectivity index (χ3v) is 3.72. The maximum atomic E-state index is 11.9. The zero-order valence-electron chi connectivity index (χ0n) is 12.0. The summed E-state index contributed by atoms with van der Waals surface area (Å²) in [5.74, 6) is -0.298. The topological polar surface area (TPSA) is 32.3 Å². The molecule has 0 spiro atoms. The first-order chi connectivity index (χ1) is 10.6. The third kappa shape index (κ3) is 4.41. The molecule has 0 fully saturated rings. The second kappa shape index (κ2) is 7.73. The summed E-state index contributed by atoms with van der Waals surface area (Å²) in [6.45, 7) is 0. The maximum Gasteiger partial charge on any atom is 0.250 e. The lowest BCUT2D eigenvalue weighted by atomic mass is 10.2. The molecular formula is C17H15ClN2OS. The van der Waals surface area contributed by atoms with Gasteiger partial charge in [0.2, 0.25) is 5.91 Å². The molecule has 0 unspecified atom stereocenters. The van der Waals surface area contributed by atoms with Crippen LogP contribution in [0, 0.1) is 0 Å². The molecule has 2 aromatic rings. The van der Waals surface area contributed by atoms with Gasteiger partial charge in [0.1, 0.15) is 0 Å². The molecule has 0 radical (unpaired) electrons. The molecule has 2 rings (SSSR count). The van der Waals surface area contributed by atoms with E-state index in [1.165, 1.54) is 6.08 Å². The van der Waals surface area contributed by atoms with Crippen LogP contribution in [0.25, 0.3) is 6.08 Å². The summed E-state index contributed by atoms with van der Waals surface area (Å²) in [4.78, 5) is 13.7. The van der Waals surface area contributed by atoms with E-state index in [1.54, 1.807) is 24.1 Å². The van der Waals surface area contributed by atoms with Crippen molar-refractivity contribution >= 4 is 46.6 Å². The molecule has 0 bridgehead atoms. The van der Waals surface area contributed by atoms with Crippen LogP contribution < -0.4 is 10.2 Å². The number of anilines is 1. The Morgan fingerprint density at radius 2 is 1.77 bits per heavy atom. The number of hydrogen-bond donors (Lipinski definition) is 1. The minimum absolute atomic E-state index is 0.298. The van der Waals surface area contributed by atoms with Crippen LogP contribution in [0.5, 0.6) is 0 Å². The highest BCUT2D eigenvalue weighted by Crippen LogP contribution is 2.16. The van der Waals surface area contributed by atoms with Gasteiger partial charge in [-0.2, -0.15) is 0 Å². The molecule has 0 heterocycles. The number of hydrogen-bond acceptors (Lipinski definition) is 2. The lowest BCUT2D eigenvalue weighted by Gasteiger charge is -2.19. The van der Waals surface area contributed by atoms with Crippen molar-refractivity contribution in [2.45, 2.75) is 0 Å². The minimum Gasteiger partial charge on any atom is -0.322 e. The van der Waals surface area contributed by atoms with Gasteiger partial charge in [0.15, 0.2) is 5.11 Å². The normalized spacial score (nSPS) is 10.5. The molecular weight excluding hydrogens is 316 g/mol. The fourth-order valence-electron chi connectivity index (χ4n) is 1.78. The highest BCUT2D eigenvalue weighted by molar-refractivity contribution is 7.80. The molecule has 5 heteroatoms. The van der Waals surface area contributed by atoms with Crippen molar-refractivity contribution < 1.29 is 4.79 Å². The van der Waals surface area contributed by atoms with Gasteiger partial charge in [0.25, 0.3) is 0 Å². The van der Waals surface area contributed by atoms with Crippen LogP contribution in [-0.4, -0.2) is 18.1 Å². The van der Waals surface area contributed by atoms with Gasteiger partial charge in [-0.25, -0.2) is 0 Å². The molecule has 1 N–H and O–H groups in total. The molecule has 22 heavy (non-hydrogen) atoms. The van der Waals surface area contributed by atoms with Crippen LogP contribution in [0.1, 0.15) is 5.56 Å². The van der Waals surface area contributed by atoms with E-state index in [9.17, 15) is 4.79 Å². The van der Waals surface area contributed by atoms with E-state index in [2.05, 4.69) is 5.32 Å². The highest BCUT2D eigenvalue weighted by Gasteiger charge is 2.08. The number of carbonyl (C=O) groups excluding carboxylic acids is 1. The molecule has 3 nitrogen and oxygen atoms in total. The summed E-state index contributed by atoms with van der Waals surface area (Å²) in [5.41, 5.74) is 1.68. The monoisotopic (exact) mass is 330 g/mol. The van der Waals surface area contributed by atoms with Gasteiger partial charge in [-0.05, 0) is 42.1 Å². The van der Waals surface area contributed by atoms with Gasteiger partial charge >= 0.3 is 0 Å². The third-order valence-electron chi connectivity index (χ3n) is 3.00. The Morgan fingerprint density at radius 3 is 2.45 bits per heavy atom. The molecule has 1 amide bonds.